The molecule has 0 bridgehead atoms. The number of thiophene rings is 1. The summed E-state index contributed by atoms with van der Waals surface area (Å²) in [7, 11) is 0. The highest BCUT2D eigenvalue weighted by atomic mass is 32.1. The average Bonchev–Trinajstić information content (AvgIpc) is 3.35. The molecule has 0 saturated carbocycles. The summed E-state index contributed by atoms with van der Waals surface area (Å²) in [4.78, 5) is 17.6. The number of hydrogen-bond donors (Lipinski definition) is 1. The molecular formula is C20H22N4O3S. The van der Waals surface area contributed by atoms with Crippen LogP contribution < -0.4 is 10.5 Å². The van der Waals surface area contributed by atoms with Crippen LogP contribution in [-0.4, -0.2) is 21.6 Å². The first-order chi connectivity index (χ1) is 13.3. The van der Waals surface area contributed by atoms with Crippen molar-refractivity contribution < 1.29 is 14.4 Å². The molecule has 7 nitrogen and oxygen atoms in total. The highest BCUT2D eigenvalue weighted by Gasteiger charge is 2.14. The van der Waals surface area contributed by atoms with Crippen molar-refractivity contribution in [3.63, 3.8) is 0 Å². The maximum atomic E-state index is 12.0. The Labute approximate surface area is 167 Å². The summed E-state index contributed by atoms with van der Waals surface area (Å²) in [6, 6.07) is 13.1. The molecule has 0 amide bonds. The lowest BCUT2D eigenvalue weighted by Gasteiger charge is -2.19. The highest BCUT2D eigenvalue weighted by Crippen LogP contribution is 2.24. The molecule has 0 aliphatic rings. The minimum Gasteiger partial charge on any atom is -0.471 e. The van der Waals surface area contributed by atoms with Gasteiger partial charge in [0.05, 0.1) is 4.88 Å². The molecule has 0 fully saturated rings. The largest absolute Gasteiger partial charge is 0.471 e. The summed E-state index contributed by atoms with van der Waals surface area (Å²) in [5.41, 5.74) is 7.19. The number of benzene rings is 1. The topological polar surface area (TPSA) is 91.7 Å². The van der Waals surface area contributed by atoms with Gasteiger partial charge in [0.25, 0.3) is 0 Å². The number of carbonyl (C=O) groups is 1. The summed E-state index contributed by atoms with van der Waals surface area (Å²) in [5, 5.41) is 9.64. The van der Waals surface area contributed by atoms with Crippen molar-refractivity contribution in [3.8, 4) is 5.75 Å². The van der Waals surface area contributed by atoms with E-state index in [9.17, 15) is 4.79 Å². The molecule has 0 aliphatic heterocycles. The van der Waals surface area contributed by atoms with E-state index < -0.39 is 5.97 Å². The fourth-order valence-corrected chi connectivity index (χ4v) is 2.96. The van der Waals surface area contributed by atoms with E-state index in [0.29, 0.717) is 0 Å². The molecule has 2 heterocycles. The zero-order valence-corrected chi connectivity index (χ0v) is 16.8. The van der Waals surface area contributed by atoms with Crippen LogP contribution in [0.15, 0.2) is 59.2 Å². The van der Waals surface area contributed by atoms with Gasteiger partial charge in [-0.2, -0.15) is 5.10 Å². The van der Waals surface area contributed by atoms with Crippen LogP contribution in [0.4, 0.5) is 0 Å². The number of hydrogen-bond acceptors (Lipinski definition) is 6. The van der Waals surface area contributed by atoms with Crippen molar-refractivity contribution in [1.82, 2.24) is 9.78 Å². The van der Waals surface area contributed by atoms with Crippen molar-refractivity contribution in [2.75, 3.05) is 0 Å². The van der Waals surface area contributed by atoms with E-state index in [0.717, 1.165) is 10.6 Å². The van der Waals surface area contributed by atoms with Gasteiger partial charge in [0, 0.05) is 6.20 Å². The standard InChI is InChI=1S/C20H22N4O3S/c1-20(2,3)14-6-8-15(9-7-14)26-13-24-11-10-16(22-24)19(25)27-23-18(21)17-5-4-12-28-17/h4-12H,13H2,1-3H3,(H2,21,23). The molecule has 8 heteroatoms. The monoisotopic (exact) mass is 398 g/mol. The fourth-order valence-electron chi connectivity index (χ4n) is 2.34. The average molecular weight is 398 g/mol. The molecule has 3 aromatic rings. The van der Waals surface area contributed by atoms with E-state index in [1.54, 1.807) is 12.3 Å². The van der Waals surface area contributed by atoms with Gasteiger partial charge in [0.15, 0.2) is 18.3 Å². The summed E-state index contributed by atoms with van der Waals surface area (Å²) in [6.07, 6.45) is 1.63. The molecule has 2 aromatic heterocycles. The zero-order chi connectivity index (χ0) is 20.1. The van der Waals surface area contributed by atoms with Crippen LogP contribution in [0.2, 0.25) is 0 Å². The van der Waals surface area contributed by atoms with Crippen LogP contribution in [0.5, 0.6) is 5.75 Å². The first-order valence-corrected chi connectivity index (χ1v) is 9.56. The Morgan fingerprint density at radius 2 is 1.96 bits per heavy atom. The number of amidine groups is 1. The van der Waals surface area contributed by atoms with E-state index in [4.69, 9.17) is 15.3 Å². The van der Waals surface area contributed by atoms with Crippen molar-refractivity contribution in [1.29, 1.82) is 0 Å². The minimum absolute atomic E-state index is 0.0884. The molecule has 28 heavy (non-hydrogen) atoms. The summed E-state index contributed by atoms with van der Waals surface area (Å²) in [5.74, 6) is 0.179. The van der Waals surface area contributed by atoms with Crippen LogP contribution in [-0.2, 0) is 17.0 Å². The minimum atomic E-state index is -0.687. The molecule has 0 atom stereocenters. The molecule has 0 unspecified atom stereocenters. The maximum Gasteiger partial charge on any atom is 0.385 e. The lowest BCUT2D eigenvalue weighted by molar-refractivity contribution is 0.0507. The molecule has 2 N–H and O–H groups in total. The van der Waals surface area contributed by atoms with Crippen LogP contribution in [0.25, 0.3) is 0 Å². The lowest BCUT2D eigenvalue weighted by Crippen LogP contribution is -2.14. The van der Waals surface area contributed by atoms with E-state index in [2.05, 4.69) is 31.0 Å². The third kappa shape index (κ3) is 4.98. The Morgan fingerprint density at radius 3 is 2.61 bits per heavy atom. The van der Waals surface area contributed by atoms with Gasteiger partial charge in [0.2, 0.25) is 0 Å². The molecule has 146 valence electrons. The zero-order valence-electron chi connectivity index (χ0n) is 16.0. The number of nitrogens with zero attached hydrogens (tertiary/aromatic N) is 3. The molecule has 0 aliphatic carbocycles. The summed E-state index contributed by atoms with van der Waals surface area (Å²) in [6.45, 7) is 6.64. The number of aromatic nitrogens is 2. The van der Waals surface area contributed by atoms with Crippen molar-refractivity contribution in [2.24, 2.45) is 10.9 Å². The van der Waals surface area contributed by atoms with Gasteiger partial charge in [0.1, 0.15) is 5.75 Å². The molecule has 3 rings (SSSR count). The third-order valence-electron chi connectivity index (χ3n) is 3.93. The van der Waals surface area contributed by atoms with Gasteiger partial charge in [-0.1, -0.05) is 44.1 Å². The van der Waals surface area contributed by atoms with Gasteiger partial charge in [-0.25, -0.2) is 9.48 Å². The highest BCUT2D eigenvalue weighted by molar-refractivity contribution is 7.12. The summed E-state index contributed by atoms with van der Waals surface area (Å²) < 4.78 is 7.20. The van der Waals surface area contributed by atoms with Crippen molar-refractivity contribution in [3.05, 3.63) is 70.2 Å². The Kier molecular flexibility index (Phi) is 5.79. The van der Waals surface area contributed by atoms with Gasteiger partial charge in [-0.3, -0.25) is 0 Å². The number of rotatable bonds is 6. The normalized spacial score (nSPS) is 12.0. The quantitative estimate of drug-likeness (QED) is 0.295. The first kappa shape index (κ1) is 19.6. The van der Waals surface area contributed by atoms with Crippen LogP contribution >= 0.6 is 11.3 Å². The Bertz CT molecular complexity index is 954. The second kappa shape index (κ2) is 8.26. The van der Waals surface area contributed by atoms with Gasteiger partial charge < -0.3 is 15.3 Å². The predicted molar refractivity (Wildman–Crippen MR) is 108 cm³/mol. The van der Waals surface area contributed by atoms with E-state index >= 15 is 0 Å². The fraction of sp³-hybridized carbons (Fsp3) is 0.250. The van der Waals surface area contributed by atoms with Crippen molar-refractivity contribution in [2.45, 2.75) is 32.9 Å². The van der Waals surface area contributed by atoms with Crippen molar-refractivity contribution >= 4 is 23.1 Å². The number of oxime groups is 1. The van der Waals surface area contributed by atoms with E-state index in [1.807, 2.05) is 35.7 Å². The van der Waals surface area contributed by atoms with Crippen LogP contribution in [0.3, 0.4) is 0 Å². The number of ether oxygens (including phenoxy) is 1. The molecule has 1 aromatic carbocycles. The van der Waals surface area contributed by atoms with Crippen LogP contribution in [0.1, 0.15) is 41.7 Å². The Morgan fingerprint density at radius 1 is 1.21 bits per heavy atom. The number of carbonyl (C=O) groups excluding carboxylic acids is 1. The Hall–Kier alpha value is -3.13. The van der Waals surface area contributed by atoms with E-state index in [1.165, 1.54) is 27.6 Å². The molecular weight excluding hydrogens is 376 g/mol. The van der Waals surface area contributed by atoms with Gasteiger partial charge >= 0.3 is 5.97 Å². The maximum absolute atomic E-state index is 12.0. The van der Waals surface area contributed by atoms with Gasteiger partial charge in [-0.15, -0.1) is 11.3 Å². The van der Waals surface area contributed by atoms with E-state index in [-0.39, 0.29) is 23.7 Å². The molecule has 0 radical (unpaired) electrons. The summed E-state index contributed by atoms with van der Waals surface area (Å²) >= 11 is 1.41. The third-order valence-corrected chi connectivity index (χ3v) is 4.83. The smallest absolute Gasteiger partial charge is 0.385 e. The van der Waals surface area contributed by atoms with Crippen LogP contribution in [0, 0.1) is 0 Å². The molecule has 0 saturated heterocycles. The number of nitrogens with two attached hydrogens (primary N) is 1. The second-order valence-electron chi connectivity index (χ2n) is 7.12. The first-order valence-electron chi connectivity index (χ1n) is 8.68. The SMILES string of the molecule is CC(C)(C)c1ccc(OCn2ccc(C(=O)O/N=C(\N)c3cccs3)n2)cc1. The second-order valence-corrected chi connectivity index (χ2v) is 8.07. The predicted octanol–water partition coefficient (Wildman–Crippen LogP) is 3.76. The van der Waals surface area contributed by atoms with Gasteiger partial charge in [-0.05, 0) is 40.6 Å². The Balaban J connectivity index is 1.55. The lowest BCUT2D eigenvalue weighted by atomic mass is 9.87. The molecule has 0 spiro atoms.